The maximum absolute atomic E-state index is 12.9. The summed E-state index contributed by atoms with van der Waals surface area (Å²) >= 11 is 0. The van der Waals surface area contributed by atoms with Crippen LogP contribution in [-0.2, 0) is 10.9 Å². The van der Waals surface area contributed by atoms with E-state index in [0.717, 1.165) is 18.3 Å². The van der Waals surface area contributed by atoms with Crippen molar-refractivity contribution in [3.8, 4) is 0 Å². The Hall–Kier alpha value is -2.49. The van der Waals surface area contributed by atoms with Gasteiger partial charge in [0, 0.05) is 25.3 Å². The zero-order valence-electron chi connectivity index (χ0n) is 12.4. The molecule has 3 rings (SSSR count). The zero-order valence-corrected chi connectivity index (χ0v) is 12.4. The number of H-pyrrole nitrogens is 1. The lowest BCUT2D eigenvalue weighted by Gasteiger charge is -2.17. The molecule has 0 spiro atoms. The highest BCUT2D eigenvalue weighted by molar-refractivity contribution is 5.93. The molecule has 2 N–H and O–H groups in total. The van der Waals surface area contributed by atoms with Crippen LogP contribution >= 0.6 is 0 Å². The van der Waals surface area contributed by atoms with Crippen LogP contribution in [0.4, 0.5) is 13.2 Å². The van der Waals surface area contributed by atoms with E-state index in [9.17, 15) is 18.0 Å². The summed E-state index contributed by atoms with van der Waals surface area (Å²) in [6.45, 7) is 0.626. The molecule has 1 aliphatic heterocycles. The molecule has 0 radical (unpaired) electrons. The van der Waals surface area contributed by atoms with Gasteiger partial charge in [0.05, 0.1) is 5.56 Å². The Morgan fingerprint density at radius 2 is 2.25 bits per heavy atom. The van der Waals surface area contributed by atoms with Crippen molar-refractivity contribution in [2.45, 2.75) is 18.7 Å². The van der Waals surface area contributed by atoms with Gasteiger partial charge < -0.3 is 10.1 Å². The summed E-state index contributed by atoms with van der Waals surface area (Å²) in [5.74, 6) is -0.452. The molecule has 2 aromatic heterocycles. The molecule has 0 saturated carbocycles. The Morgan fingerprint density at radius 1 is 1.42 bits per heavy atom. The van der Waals surface area contributed by atoms with E-state index < -0.39 is 23.3 Å². The molecule has 24 heavy (non-hydrogen) atoms. The van der Waals surface area contributed by atoms with Gasteiger partial charge in [0.15, 0.2) is 5.82 Å². The normalized spacial score (nSPS) is 21.0. The number of halogens is 3. The lowest BCUT2D eigenvalue weighted by atomic mass is 10.0. The second-order valence-electron chi connectivity index (χ2n) is 5.32. The average Bonchev–Trinajstić information content (AvgIpc) is 3.22. The van der Waals surface area contributed by atoms with E-state index in [1.807, 2.05) is 0 Å². The van der Waals surface area contributed by atoms with Crippen molar-refractivity contribution in [2.24, 2.45) is 5.92 Å². The fourth-order valence-electron chi connectivity index (χ4n) is 2.62. The maximum Gasteiger partial charge on any atom is 0.418 e. The van der Waals surface area contributed by atoms with Gasteiger partial charge in [0.2, 0.25) is 0 Å². The number of carbonyl (C=O) groups excluding carboxylic acids is 1. The SMILES string of the molecule is O=C(NC[C@@H]1CCO[C@@H]1c1ncn[nH]1)c1ncccc1C(F)(F)F. The lowest BCUT2D eigenvalue weighted by molar-refractivity contribution is -0.138. The van der Waals surface area contributed by atoms with E-state index in [1.54, 1.807) is 0 Å². The summed E-state index contributed by atoms with van der Waals surface area (Å²) in [6.07, 6.45) is -1.87. The predicted octanol–water partition coefficient (Wildman–Crippen LogP) is 1.73. The highest BCUT2D eigenvalue weighted by Gasteiger charge is 2.37. The van der Waals surface area contributed by atoms with Gasteiger partial charge in [-0.3, -0.25) is 14.9 Å². The summed E-state index contributed by atoms with van der Waals surface area (Å²) in [4.78, 5) is 19.7. The van der Waals surface area contributed by atoms with Gasteiger partial charge >= 0.3 is 6.18 Å². The summed E-state index contributed by atoms with van der Waals surface area (Å²) in [5.41, 5.74) is -1.70. The molecule has 1 aliphatic rings. The Bertz CT molecular complexity index is 705. The molecule has 7 nitrogen and oxygen atoms in total. The minimum atomic E-state index is -4.64. The topological polar surface area (TPSA) is 92.8 Å². The standard InChI is InChI=1S/C14H14F3N5O2/c15-14(16,17)9-2-1-4-18-10(9)13(23)19-6-8-3-5-24-11(8)12-20-7-21-22-12/h1-2,4,7-8,11H,3,5-6H2,(H,19,23)(H,20,21,22)/t8-,11-/m0/s1. The fourth-order valence-corrected chi connectivity index (χ4v) is 2.62. The molecule has 0 bridgehead atoms. The van der Waals surface area contributed by atoms with Gasteiger partial charge in [-0.2, -0.15) is 18.3 Å². The first-order valence-electron chi connectivity index (χ1n) is 7.24. The molecule has 0 unspecified atom stereocenters. The van der Waals surface area contributed by atoms with Crippen molar-refractivity contribution < 1.29 is 22.7 Å². The molecule has 2 atom stereocenters. The van der Waals surface area contributed by atoms with Crippen LogP contribution in [0.3, 0.4) is 0 Å². The van der Waals surface area contributed by atoms with Crippen LogP contribution in [0, 0.1) is 5.92 Å². The van der Waals surface area contributed by atoms with Gasteiger partial charge in [0.25, 0.3) is 5.91 Å². The molecular weight excluding hydrogens is 327 g/mol. The number of hydrogen-bond donors (Lipinski definition) is 2. The molecule has 2 aromatic rings. The third-order valence-corrected chi connectivity index (χ3v) is 3.77. The van der Waals surface area contributed by atoms with Crippen LogP contribution in [0.2, 0.25) is 0 Å². The first-order valence-corrected chi connectivity index (χ1v) is 7.24. The number of carbonyl (C=O) groups is 1. The van der Waals surface area contributed by atoms with Crippen molar-refractivity contribution >= 4 is 5.91 Å². The molecule has 0 aliphatic carbocycles. The van der Waals surface area contributed by atoms with Crippen LogP contribution in [0.1, 0.15) is 34.4 Å². The molecular formula is C14H14F3N5O2. The van der Waals surface area contributed by atoms with Crippen molar-refractivity contribution in [3.63, 3.8) is 0 Å². The molecule has 1 saturated heterocycles. The van der Waals surface area contributed by atoms with Crippen LogP contribution in [0.25, 0.3) is 0 Å². The number of aromatic nitrogens is 4. The van der Waals surface area contributed by atoms with Gasteiger partial charge in [-0.15, -0.1) is 0 Å². The van der Waals surface area contributed by atoms with E-state index in [1.165, 1.54) is 6.33 Å². The van der Waals surface area contributed by atoms with Crippen LogP contribution in [-0.4, -0.2) is 39.2 Å². The highest BCUT2D eigenvalue weighted by Crippen LogP contribution is 2.33. The summed E-state index contributed by atoms with van der Waals surface area (Å²) in [7, 11) is 0. The van der Waals surface area contributed by atoms with Crippen molar-refractivity contribution in [2.75, 3.05) is 13.2 Å². The molecule has 128 valence electrons. The number of hydrogen-bond acceptors (Lipinski definition) is 5. The van der Waals surface area contributed by atoms with Crippen molar-refractivity contribution in [1.29, 1.82) is 0 Å². The Kier molecular flexibility index (Phi) is 4.47. The van der Waals surface area contributed by atoms with E-state index in [-0.39, 0.29) is 18.6 Å². The quantitative estimate of drug-likeness (QED) is 0.883. The molecule has 1 amide bonds. The lowest BCUT2D eigenvalue weighted by Crippen LogP contribution is -2.32. The first kappa shape index (κ1) is 16.4. The van der Waals surface area contributed by atoms with Gasteiger partial charge in [-0.05, 0) is 18.6 Å². The fraction of sp³-hybridized carbons (Fsp3) is 0.429. The van der Waals surface area contributed by atoms with E-state index >= 15 is 0 Å². The summed E-state index contributed by atoms with van der Waals surface area (Å²) < 4.78 is 44.4. The number of amides is 1. The number of aromatic amines is 1. The van der Waals surface area contributed by atoms with Gasteiger partial charge in [-0.25, -0.2) is 4.98 Å². The smallest absolute Gasteiger partial charge is 0.370 e. The van der Waals surface area contributed by atoms with Crippen molar-refractivity contribution in [3.05, 3.63) is 41.7 Å². The number of nitrogens with one attached hydrogen (secondary N) is 2. The summed E-state index contributed by atoms with van der Waals surface area (Å²) in [6, 6.07) is 1.97. The average molecular weight is 341 g/mol. The van der Waals surface area contributed by atoms with E-state index in [2.05, 4.69) is 25.5 Å². The predicted molar refractivity (Wildman–Crippen MR) is 74.8 cm³/mol. The van der Waals surface area contributed by atoms with Gasteiger partial charge in [-0.1, -0.05) is 0 Å². The minimum Gasteiger partial charge on any atom is -0.370 e. The number of rotatable bonds is 4. The second kappa shape index (κ2) is 6.56. The second-order valence-corrected chi connectivity index (χ2v) is 5.32. The zero-order chi connectivity index (χ0) is 17.2. The number of alkyl halides is 3. The van der Waals surface area contributed by atoms with Crippen LogP contribution < -0.4 is 5.32 Å². The number of ether oxygens (including phenoxy) is 1. The van der Waals surface area contributed by atoms with Gasteiger partial charge in [0.1, 0.15) is 18.1 Å². The third kappa shape index (κ3) is 3.37. The molecule has 1 fully saturated rings. The van der Waals surface area contributed by atoms with Crippen LogP contribution in [0.15, 0.2) is 24.7 Å². The van der Waals surface area contributed by atoms with Crippen LogP contribution in [0.5, 0.6) is 0 Å². The van der Waals surface area contributed by atoms with Crippen molar-refractivity contribution in [1.82, 2.24) is 25.5 Å². The maximum atomic E-state index is 12.9. The first-order chi connectivity index (χ1) is 11.5. The largest absolute Gasteiger partial charge is 0.418 e. The Balaban J connectivity index is 1.68. The molecule has 0 aromatic carbocycles. The molecule has 10 heteroatoms. The number of nitrogens with zero attached hydrogens (tertiary/aromatic N) is 3. The monoisotopic (exact) mass is 341 g/mol. The number of pyridine rings is 1. The van der Waals surface area contributed by atoms with E-state index in [4.69, 9.17) is 4.74 Å². The molecule has 3 heterocycles. The Labute approximate surface area is 134 Å². The highest BCUT2D eigenvalue weighted by atomic mass is 19.4. The van der Waals surface area contributed by atoms with E-state index in [0.29, 0.717) is 18.9 Å². The third-order valence-electron chi connectivity index (χ3n) is 3.77. The minimum absolute atomic E-state index is 0.111. The Morgan fingerprint density at radius 3 is 2.96 bits per heavy atom. The summed E-state index contributed by atoms with van der Waals surface area (Å²) in [5, 5.41) is 8.94.